The van der Waals surface area contributed by atoms with Gasteiger partial charge in [-0.15, -0.1) is 0 Å². The zero-order chi connectivity index (χ0) is 15.9. The Labute approximate surface area is 147 Å². The van der Waals surface area contributed by atoms with E-state index in [0.29, 0.717) is 35.2 Å². The SMILES string of the molecule is COc1ccccc1OCCNC(=O)c1ccc(Cl)cc1I. The van der Waals surface area contributed by atoms with E-state index in [1.165, 1.54) is 0 Å². The number of methoxy groups -OCH3 is 1. The highest BCUT2D eigenvalue weighted by atomic mass is 127. The first-order chi connectivity index (χ1) is 10.6. The first-order valence-electron chi connectivity index (χ1n) is 6.61. The van der Waals surface area contributed by atoms with Gasteiger partial charge in [-0.2, -0.15) is 0 Å². The molecule has 2 aromatic rings. The van der Waals surface area contributed by atoms with Crippen LogP contribution >= 0.6 is 34.2 Å². The van der Waals surface area contributed by atoms with Crippen molar-refractivity contribution in [3.8, 4) is 11.5 Å². The number of hydrogen-bond donors (Lipinski definition) is 1. The van der Waals surface area contributed by atoms with Crippen LogP contribution in [0.2, 0.25) is 5.02 Å². The van der Waals surface area contributed by atoms with Crippen molar-refractivity contribution in [1.82, 2.24) is 5.32 Å². The second-order valence-electron chi connectivity index (χ2n) is 4.38. The quantitative estimate of drug-likeness (QED) is 0.560. The van der Waals surface area contributed by atoms with Gasteiger partial charge in [0.15, 0.2) is 11.5 Å². The zero-order valence-electron chi connectivity index (χ0n) is 11.9. The molecule has 0 atom stereocenters. The van der Waals surface area contributed by atoms with Crippen molar-refractivity contribution >= 4 is 40.1 Å². The molecule has 0 aliphatic carbocycles. The highest BCUT2D eigenvalue weighted by Gasteiger charge is 2.10. The highest BCUT2D eigenvalue weighted by molar-refractivity contribution is 14.1. The summed E-state index contributed by atoms with van der Waals surface area (Å²) in [7, 11) is 1.59. The Balaban J connectivity index is 1.85. The van der Waals surface area contributed by atoms with E-state index in [4.69, 9.17) is 21.1 Å². The molecule has 1 N–H and O–H groups in total. The Bertz CT molecular complexity index is 664. The van der Waals surface area contributed by atoms with Crippen LogP contribution in [0.4, 0.5) is 0 Å². The fourth-order valence-corrected chi connectivity index (χ4v) is 2.95. The number of nitrogens with one attached hydrogen (secondary N) is 1. The van der Waals surface area contributed by atoms with Crippen LogP contribution in [-0.4, -0.2) is 26.2 Å². The lowest BCUT2D eigenvalue weighted by atomic mass is 10.2. The molecule has 6 heteroatoms. The maximum absolute atomic E-state index is 12.1. The van der Waals surface area contributed by atoms with Gasteiger partial charge in [-0.1, -0.05) is 23.7 Å². The minimum atomic E-state index is -0.148. The molecule has 0 spiro atoms. The van der Waals surface area contributed by atoms with E-state index < -0.39 is 0 Å². The van der Waals surface area contributed by atoms with Crippen molar-refractivity contribution in [2.45, 2.75) is 0 Å². The summed E-state index contributed by atoms with van der Waals surface area (Å²) >= 11 is 7.96. The minimum Gasteiger partial charge on any atom is -0.493 e. The van der Waals surface area contributed by atoms with Crippen LogP contribution < -0.4 is 14.8 Å². The van der Waals surface area contributed by atoms with Crippen LogP contribution in [-0.2, 0) is 0 Å². The molecule has 22 heavy (non-hydrogen) atoms. The molecule has 0 aliphatic heterocycles. The second-order valence-corrected chi connectivity index (χ2v) is 5.98. The maximum Gasteiger partial charge on any atom is 0.252 e. The Morgan fingerprint density at radius 1 is 1.23 bits per heavy atom. The maximum atomic E-state index is 12.1. The van der Waals surface area contributed by atoms with E-state index >= 15 is 0 Å². The molecule has 0 heterocycles. The lowest BCUT2D eigenvalue weighted by molar-refractivity contribution is 0.0946. The van der Waals surface area contributed by atoms with Gasteiger partial charge in [-0.3, -0.25) is 4.79 Å². The Morgan fingerprint density at radius 2 is 1.95 bits per heavy atom. The fourth-order valence-electron chi connectivity index (χ4n) is 1.83. The molecule has 0 aliphatic rings. The van der Waals surface area contributed by atoms with Crippen molar-refractivity contribution < 1.29 is 14.3 Å². The average Bonchev–Trinajstić information content (AvgIpc) is 2.51. The number of benzene rings is 2. The summed E-state index contributed by atoms with van der Waals surface area (Å²) in [6.45, 7) is 0.756. The summed E-state index contributed by atoms with van der Waals surface area (Å²) in [6.07, 6.45) is 0. The van der Waals surface area contributed by atoms with Crippen LogP contribution in [0.15, 0.2) is 42.5 Å². The number of para-hydroxylation sites is 2. The first-order valence-corrected chi connectivity index (χ1v) is 8.06. The Hall–Kier alpha value is -1.47. The predicted molar refractivity (Wildman–Crippen MR) is 95.0 cm³/mol. The smallest absolute Gasteiger partial charge is 0.252 e. The van der Waals surface area contributed by atoms with Crippen LogP contribution in [0, 0.1) is 3.57 Å². The van der Waals surface area contributed by atoms with Gasteiger partial charge < -0.3 is 14.8 Å². The summed E-state index contributed by atoms with van der Waals surface area (Å²) in [5, 5.41) is 3.43. The van der Waals surface area contributed by atoms with E-state index in [-0.39, 0.29) is 5.91 Å². The molecule has 4 nitrogen and oxygen atoms in total. The fraction of sp³-hybridized carbons (Fsp3) is 0.188. The van der Waals surface area contributed by atoms with Crippen molar-refractivity contribution in [3.63, 3.8) is 0 Å². The molecule has 0 unspecified atom stereocenters. The third kappa shape index (κ3) is 4.51. The number of rotatable bonds is 6. The molecule has 0 bridgehead atoms. The summed E-state index contributed by atoms with van der Waals surface area (Å²) in [4.78, 5) is 12.1. The molecule has 0 saturated heterocycles. The van der Waals surface area contributed by atoms with E-state index in [1.54, 1.807) is 25.3 Å². The minimum absolute atomic E-state index is 0.148. The van der Waals surface area contributed by atoms with Crippen LogP contribution in [0.25, 0.3) is 0 Å². The number of ether oxygens (including phenoxy) is 2. The van der Waals surface area contributed by atoms with Gasteiger partial charge in [-0.25, -0.2) is 0 Å². The normalized spacial score (nSPS) is 10.1. The zero-order valence-corrected chi connectivity index (χ0v) is 14.8. The number of carbonyl (C=O) groups is 1. The number of amides is 1. The number of hydrogen-bond acceptors (Lipinski definition) is 3. The second kappa shape index (κ2) is 8.24. The third-order valence-electron chi connectivity index (χ3n) is 2.89. The largest absolute Gasteiger partial charge is 0.493 e. The van der Waals surface area contributed by atoms with E-state index in [1.807, 2.05) is 24.3 Å². The summed E-state index contributed by atoms with van der Waals surface area (Å²) in [5.74, 6) is 1.17. The van der Waals surface area contributed by atoms with Crippen molar-refractivity contribution in [2.24, 2.45) is 0 Å². The van der Waals surface area contributed by atoms with Crippen molar-refractivity contribution in [2.75, 3.05) is 20.3 Å². The summed E-state index contributed by atoms with van der Waals surface area (Å²) in [5.41, 5.74) is 0.599. The van der Waals surface area contributed by atoms with E-state index in [9.17, 15) is 4.79 Å². The van der Waals surface area contributed by atoms with Crippen LogP contribution in [0.1, 0.15) is 10.4 Å². The lowest BCUT2D eigenvalue weighted by Crippen LogP contribution is -2.28. The standard InChI is InChI=1S/C16H15ClINO3/c1-21-14-4-2-3-5-15(14)22-9-8-19-16(20)12-7-6-11(17)10-13(12)18/h2-7,10H,8-9H2,1H3,(H,19,20). The summed E-state index contributed by atoms with van der Waals surface area (Å²) < 4.78 is 11.6. The third-order valence-corrected chi connectivity index (χ3v) is 4.02. The van der Waals surface area contributed by atoms with Crippen LogP contribution in [0.3, 0.4) is 0 Å². The molecule has 0 aromatic heterocycles. The summed E-state index contributed by atoms with van der Waals surface area (Å²) in [6, 6.07) is 12.5. The Kier molecular flexibility index (Phi) is 6.33. The van der Waals surface area contributed by atoms with E-state index in [0.717, 1.165) is 3.57 Å². The topological polar surface area (TPSA) is 47.6 Å². The molecule has 2 aromatic carbocycles. The molecule has 0 saturated carbocycles. The molecule has 0 radical (unpaired) electrons. The van der Waals surface area contributed by atoms with Gasteiger partial charge in [0.2, 0.25) is 0 Å². The predicted octanol–water partition coefficient (Wildman–Crippen LogP) is 3.76. The molecule has 0 fully saturated rings. The van der Waals surface area contributed by atoms with Gasteiger partial charge in [0.25, 0.3) is 5.91 Å². The molecular formula is C16H15ClINO3. The number of halogens is 2. The highest BCUT2D eigenvalue weighted by Crippen LogP contribution is 2.25. The van der Waals surface area contributed by atoms with Crippen molar-refractivity contribution in [1.29, 1.82) is 0 Å². The van der Waals surface area contributed by atoms with Gasteiger partial charge in [0, 0.05) is 8.59 Å². The van der Waals surface area contributed by atoms with Crippen molar-refractivity contribution in [3.05, 3.63) is 56.6 Å². The molecular weight excluding hydrogens is 417 g/mol. The lowest BCUT2D eigenvalue weighted by Gasteiger charge is -2.11. The van der Waals surface area contributed by atoms with Gasteiger partial charge in [0.1, 0.15) is 6.61 Å². The molecule has 1 amide bonds. The average molecular weight is 432 g/mol. The van der Waals surface area contributed by atoms with Gasteiger partial charge in [0.05, 0.1) is 19.2 Å². The molecule has 2 rings (SSSR count). The van der Waals surface area contributed by atoms with Gasteiger partial charge >= 0.3 is 0 Å². The Morgan fingerprint density at radius 3 is 2.64 bits per heavy atom. The van der Waals surface area contributed by atoms with Crippen LogP contribution in [0.5, 0.6) is 11.5 Å². The van der Waals surface area contributed by atoms with Gasteiger partial charge in [-0.05, 0) is 52.9 Å². The number of carbonyl (C=O) groups excluding carboxylic acids is 1. The van der Waals surface area contributed by atoms with E-state index in [2.05, 4.69) is 27.9 Å². The molecule has 116 valence electrons. The monoisotopic (exact) mass is 431 g/mol. The first kappa shape index (κ1) is 16.9.